The van der Waals surface area contributed by atoms with Crippen LogP contribution in [0.1, 0.15) is 0 Å². The Morgan fingerprint density at radius 1 is 1.20 bits per heavy atom. The van der Waals surface area contributed by atoms with Crippen LogP contribution in [-0.2, 0) is 14.3 Å². The van der Waals surface area contributed by atoms with Crippen LogP contribution >= 0.6 is 0 Å². The van der Waals surface area contributed by atoms with Crippen molar-refractivity contribution in [2.75, 3.05) is 39.9 Å². The fourth-order valence-electron chi connectivity index (χ4n) is 0.772. The van der Waals surface area contributed by atoms with E-state index >= 15 is 0 Å². The highest BCUT2D eigenvalue weighted by molar-refractivity contribution is 5.86. The SMILES string of the molecule is C=CC(=O)N(COCCO)COCCO. The van der Waals surface area contributed by atoms with E-state index < -0.39 is 0 Å². The Morgan fingerprint density at radius 3 is 2.00 bits per heavy atom. The summed E-state index contributed by atoms with van der Waals surface area (Å²) in [6, 6.07) is 0. The molecule has 0 unspecified atom stereocenters. The molecule has 0 radical (unpaired) electrons. The standard InChI is InChI=1S/C9H17NO5/c1-2-9(13)10(7-14-5-3-11)8-15-6-4-12/h2,11-12H,1,3-8H2. The zero-order valence-electron chi connectivity index (χ0n) is 8.59. The highest BCUT2D eigenvalue weighted by Gasteiger charge is 2.09. The first-order valence-corrected chi connectivity index (χ1v) is 4.54. The molecular weight excluding hydrogens is 202 g/mol. The summed E-state index contributed by atoms with van der Waals surface area (Å²) in [6.07, 6.45) is 1.14. The van der Waals surface area contributed by atoms with E-state index in [0.29, 0.717) is 0 Å². The molecule has 0 spiro atoms. The van der Waals surface area contributed by atoms with Gasteiger partial charge in [0.2, 0.25) is 5.91 Å². The van der Waals surface area contributed by atoms with Crippen molar-refractivity contribution >= 4 is 5.91 Å². The topological polar surface area (TPSA) is 79.2 Å². The monoisotopic (exact) mass is 219 g/mol. The fraction of sp³-hybridized carbons (Fsp3) is 0.667. The third kappa shape index (κ3) is 7.03. The molecule has 0 rings (SSSR count). The zero-order chi connectivity index (χ0) is 11.5. The van der Waals surface area contributed by atoms with E-state index in [1.54, 1.807) is 0 Å². The van der Waals surface area contributed by atoms with Gasteiger partial charge in [0.05, 0.1) is 26.4 Å². The van der Waals surface area contributed by atoms with Gasteiger partial charge in [-0.3, -0.25) is 9.69 Å². The lowest BCUT2D eigenvalue weighted by Crippen LogP contribution is -2.34. The van der Waals surface area contributed by atoms with Gasteiger partial charge in [0, 0.05) is 0 Å². The van der Waals surface area contributed by atoms with Gasteiger partial charge in [0.15, 0.2) is 0 Å². The third-order valence-corrected chi connectivity index (χ3v) is 1.45. The van der Waals surface area contributed by atoms with Gasteiger partial charge in [-0.25, -0.2) is 0 Å². The molecule has 0 bridgehead atoms. The van der Waals surface area contributed by atoms with Crippen LogP contribution in [0.25, 0.3) is 0 Å². The number of hydrogen-bond donors (Lipinski definition) is 2. The van der Waals surface area contributed by atoms with Crippen LogP contribution in [0.5, 0.6) is 0 Å². The fourth-order valence-corrected chi connectivity index (χ4v) is 0.772. The first kappa shape index (κ1) is 14.1. The summed E-state index contributed by atoms with van der Waals surface area (Å²) in [7, 11) is 0. The highest BCUT2D eigenvalue weighted by Crippen LogP contribution is 1.93. The minimum atomic E-state index is -0.328. The largest absolute Gasteiger partial charge is 0.394 e. The summed E-state index contributed by atoms with van der Waals surface area (Å²) >= 11 is 0. The van der Waals surface area contributed by atoms with Crippen LogP contribution in [0.4, 0.5) is 0 Å². The number of carbonyl (C=O) groups excluding carboxylic acids is 1. The lowest BCUT2D eigenvalue weighted by molar-refractivity contribution is -0.140. The Morgan fingerprint density at radius 2 is 1.67 bits per heavy atom. The van der Waals surface area contributed by atoms with Gasteiger partial charge in [0.25, 0.3) is 0 Å². The molecular formula is C9H17NO5. The second kappa shape index (κ2) is 9.60. The quantitative estimate of drug-likeness (QED) is 0.293. The van der Waals surface area contributed by atoms with Gasteiger partial charge in [-0.2, -0.15) is 0 Å². The maximum Gasteiger partial charge on any atom is 0.249 e. The summed E-state index contributed by atoms with van der Waals surface area (Å²) in [5, 5.41) is 17.0. The molecule has 0 aromatic rings. The van der Waals surface area contributed by atoms with Crippen molar-refractivity contribution in [3.63, 3.8) is 0 Å². The average Bonchev–Trinajstić information content (AvgIpc) is 2.26. The Hall–Kier alpha value is -0.950. The number of nitrogens with zero attached hydrogens (tertiary/aromatic N) is 1. The van der Waals surface area contributed by atoms with E-state index in [4.69, 9.17) is 19.7 Å². The van der Waals surface area contributed by atoms with Crippen LogP contribution in [0, 0.1) is 0 Å². The molecule has 2 N–H and O–H groups in total. The molecule has 0 aromatic carbocycles. The van der Waals surface area contributed by atoms with E-state index in [0.717, 1.165) is 6.08 Å². The van der Waals surface area contributed by atoms with Crippen molar-refractivity contribution in [1.82, 2.24) is 4.90 Å². The number of amides is 1. The molecule has 0 saturated heterocycles. The van der Waals surface area contributed by atoms with Crippen LogP contribution in [-0.4, -0.2) is 60.9 Å². The zero-order valence-corrected chi connectivity index (χ0v) is 8.59. The number of ether oxygens (including phenoxy) is 2. The van der Waals surface area contributed by atoms with Gasteiger partial charge >= 0.3 is 0 Å². The first-order valence-electron chi connectivity index (χ1n) is 4.54. The second-order valence-corrected chi connectivity index (χ2v) is 2.60. The average molecular weight is 219 g/mol. The van der Waals surface area contributed by atoms with Crippen LogP contribution < -0.4 is 0 Å². The summed E-state index contributed by atoms with van der Waals surface area (Å²) in [5.41, 5.74) is 0. The molecule has 88 valence electrons. The number of hydrogen-bond acceptors (Lipinski definition) is 5. The van der Waals surface area contributed by atoms with Gasteiger partial charge in [0.1, 0.15) is 13.5 Å². The normalized spacial score (nSPS) is 10.0. The summed E-state index contributed by atoms with van der Waals surface area (Å²) < 4.78 is 9.93. The minimum Gasteiger partial charge on any atom is -0.394 e. The van der Waals surface area contributed by atoms with E-state index in [-0.39, 0.29) is 45.8 Å². The highest BCUT2D eigenvalue weighted by atomic mass is 16.5. The predicted octanol–water partition coefficient (Wildman–Crippen LogP) is -1.07. The second-order valence-electron chi connectivity index (χ2n) is 2.60. The molecule has 0 aromatic heterocycles. The summed E-state index contributed by atoms with van der Waals surface area (Å²) in [6.45, 7) is 3.49. The summed E-state index contributed by atoms with van der Waals surface area (Å²) in [5.74, 6) is -0.328. The Kier molecular flexibility index (Phi) is 8.99. The number of aliphatic hydroxyl groups excluding tert-OH is 2. The van der Waals surface area contributed by atoms with Crippen molar-refractivity contribution in [2.24, 2.45) is 0 Å². The molecule has 1 amide bonds. The molecule has 0 aliphatic heterocycles. The maximum atomic E-state index is 11.2. The lowest BCUT2D eigenvalue weighted by Gasteiger charge is -2.20. The molecule has 0 fully saturated rings. The van der Waals surface area contributed by atoms with Crippen molar-refractivity contribution in [3.05, 3.63) is 12.7 Å². The Balaban J connectivity index is 3.84. The van der Waals surface area contributed by atoms with E-state index in [2.05, 4.69) is 6.58 Å². The smallest absolute Gasteiger partial charge is 0.249 e. The molecule has 0 heterocycles. The van der Waals surface area contributed by atoms with Gasteiger partial charge in [-0.05, 0) is 6.08 Å². The Bertz CT molecular complexity index is 175. The Labute approximate surface area is 88.7 Å². The molecule has 0 aliphatic rings. The molecule has 6 nitrogen and oxygen atoms in total. The van der Waals surface area contributed by atoms with Crippen molar-refractivity contribution in [2.45, 2.75) is 0 Å². The molecule has 0 atom stereocenters. The molecule has 0 saturated carbocycles. The number of carbonyl (C=O) groups is 1. The number of aliphatic hydroxyl groups is 2. The minimum absolute atomic E-state index is 0.0246. The van der Waals surface area contributed by atoms with Gasteiger partial charge in [-0.15, -0.1) is 0 Å². The van der Waals surface area contributed by atoms with Crippen LogP contribution in [0.3, 0.4) is 0 Å². The summed E-state index contributed by atoms with van der Waals surface area (Å²) in [4.78, 5) is 12.5. The predicted molar refractivity (Wildman–Crippen MR) is 52.9 cm³/mol. The van der Waals surface area contributed by atoms with E-state index in [1.807, 2.05) is 0 Å². The number of rotatable bonds is 9. The van der Waals surface area contributed by atoms with E-state index in [9.17, 15) is 4.79 Å². The van der Waals surface area contributed by atoms with Crippen LogP contribution in [0.2, 0.25) is 0 Å². The molecule has 6 heteroatoms. The van der Waals surface area contributed by atoms with Gasteiger partial charge < -0.3 is 19.7 Å². The van der Waals surface area contributed by atoms with Crippen LogP contribution in [0.15, 0.2) is 12.7 Å². The van der Waals surface area contributed by atoms with E-state index in [1.165, 1.54) is 4.90 Å². The lowest BCUT2D eigenvalue weighted by atomic mass is 10.5. The maximum absolute atomic E-state index is 11.2. The van der Waals surface area contributed by atoms with Crippen molar-refractivity contribution in [3.8, 4) is 0 Å². The van der Waals surface area contributed by atoms with Crippen molar-refractivity contribution in [1.29, 1.82) is 0 Å². The molecule has 0 aliphatic carbocycles. The first-order chi connectivity index (χ1) is 7.26. The molecule has 15 heavy (non-hydrogen) atoms. The van der Waals surface area contributed by atoms with Gasteiger partial charge in [-0.1, -0.05) is 6.58 Å². The van der Waals surface area contributed by atoms with Crippen molar-refractivity contribution < 1.29 is 24.5 Å². The third-order valence-electron chi connectivity index (χ3n) is 1.45.